The first kappa shape index (κ1) is 24.9. The van der Waals surface area contributed by atoms with Crippen LogP contribution in [-0.4, -0.2) is 53.1 Å². The molecule has 0 radical (unpaired) electrons. The molecule has 8 nitrogen and oxygen atoms in total. The second-order valence-electron chi connectivity index (χ2n) is 6.93. The number of rotatable bonds is 9. The average molecular weight is 455 g/mol. The van der Waals surface area contributed by atoms with E-state index in [0.717, 1.165) is 23.0 Å². The number of nitriles is 1. The van der Waals surface area contributed by atoms with E-state index in [-0.39, 0.29) is 11.7 Å². The molecule has 0 aliphatic heterocycles. The van der Waals surface area contributed by atoms with Crippen LogP contribution in [0.25, 0.3) is 0 Å². The number of anilines is 1. The van der Waals surface area contributed by atoms with Crippen molar-refractivity contribution in [3.05, 3.63) is 52.7 Å². The summed E-state index contributed by atoms with van der Waals surface area (Å²) in [6.07, 6.45) is 0. The number of esters is 1. The summed E-state index contributed by atoms with van der Waals surface area (Å²) in [6.45, 7) is 8.14. The number of aryl methyl sites for hydroxylation is 2. The average Bonchev–Trinajstić information content (AvgIpc) is 2.77. The Bertz CT molecular complexity index is 1040. The Morgan fingerprint density at radius 2 is 1.91 bits per heavy atom. The molecule has 1 aromatic carbocycles. The van der Waals surface area contributed by atoms with E-state index in [2.05, 4.69) is 16.4 Å². The molecule has 0 saturated heterocycles. The van der Waals surface area contributed by atoms with Crippen LogP contribution in [0.3, 0.4) is 0 Å². The van der Waals surface area contributed by atoms with Crippen molar-refractivity contribution in [1.29, 1.82) is 5.26 Å². The molecule has 0 fully saturated rings. The van der Waals surface area contributed by atoms with Crippen LogP contribution in [0.15, 0.2) is 35.4 Å². The quantitative estimate of drug-likeness (QED) is 0.457. The summed E-state index contributed by atoms with van der Waals surface area (Å²) in [5.41, 5.74) is 2.87. The van der Waals surface area contributed by atoms with Gasteiger partial charge in [0.2, 0.25) is 0 Å². The molecule has 0 atom stereocenters. The highest BCUT2D eigenvalue weighted by Crippen LogP contribution is 2.23. The number of thioether (sulfide) groups is 1. The molecular weight excluding hydrogens is 428 g/mol. The molecule has 9 heteroatoms. The first-order chi connectivity index (χ1) is 15.3. The van der Waals surface area contributed by atoms with Crippen molar-refractivity contribution in [2.45, 2.75) is 32.7 Å². The second-order valence-corrected chi connectivity index (χ2v) is 7.89. The highest BCUT2D eigenvalue weighted by atomic mass is 32.2. The van der Waals surface area contributed by atoms with Gasteiger partial charge in [0.1, 0.15) is 11.1 Å². The van der Waals surface area contributed by atoms with E-state index in [4.69, 9.17) is 4.74 Å². The lowest BCUT2D eigenvalue weighted by atomic mass is 10.1. The van der Waals surface area contributed by atoms with Crippen LogP contribution in [0.4, 0.5) is 5.69 Å². The van der Waals surface area contributed by atoms with E-state index >= 15 is 0 Å². The summed E-state index contributed by atoms with van der Waals surface area (Å²) < 4.78 is 5.02. The highest BCUT2D eigenvalue weighted by Gasteiger charge is 2.15. The Kier molecular flexibility index (Phi) is 9.22. The molecule has 0 bridgehead atoms. The summed E-state index contributed by atoms with van der Waals surface area (Å²) in [5, 5.41) is 12.4. The van der Waals surface area contributed by atoms with Gasteiger partial charge in [0.15, 0.2) is 6.61 Å². The van der Waals surface area contributed by atoms with E-state index in [1.54, 1.807) is 35.2 Å². The van der Waals surface area contributed by atoms with Crippen molar-refractivity contribution in [2.75, 3.05) is 30.8 Å². The van der Waals surface area contributed by atoms with Crippen LogP contribution < -0.4 is 5.32 Å². The van der Waals surface area contributed by atoms with Crippen LogP contribution >= 0.6 is 11.8 Å². The highest BCUT2D eigenvalue weighted by molar-refractivity contribution is 7.99. The molecule has 32 heavy (non-hydrogen) atoms. The van der Waals surface area contributed by atoms with Crippen molar-refractivity contribution in [2.24, 2.45) is 0 Å². The van der Waals surface area contributed by atoms with Crippen LogP contribution in [0.2, 0.25) is 0 Å². The molecule has 0 aliphatic carbocycles. The Hall–Kier alpha value is -3.38. The lowest BCUT2D eigenvalue weighted by molar-refractivity contribution is -0.144. The topological polar surface area (TPSA) is 112 Å². The third kappa shape index (κ3) is 6.82. The van der Waals surface area contributed by atoms with Crippen LogP contribution in [0, 0.1) is 25.2 Å². The maximum absolute atomic E-state index is 12.5. The van der Waals surface area contributed by atoms with Gasteiger partial charge >= 0.3 is 5.97 Å². The number of ether oxygens (including phenoxy) is 1. The summed E-state index contributed by atoms with van der Waals surface area (Å²) >= 11 is 1.09. The van der Waals surface area contributed by atoms with Gasteiger partial charge in [-0.15, -0.1) is 0 Å². The van der Waals surface area contributed by atoms with Crippen molar-refractivity contribution in [3.8, 4) is 6.07 Å². The lowest BCUT2D eigenvalue weighted by Gasteiger charge is -2.19. The van der Waals surface area contributed by atoms with Gasteiger partial charge in [0, 0.05) is 30.0 Å². The number of nitrogens with one attached hydrogen (secondary N) is 1. The van der Waals surface area contributed by atoms with Crippen LogP contribution in [0.1, 0.15) is 41.0 Å². The molecule has 1 N–H and O–H groups in total. The fraction of sp³-hybridized carbons (Fsp3) is 0.348. The Morgan fingerprint density at radius 1 is 1.19 bits per heavy atom. The fourth-order valence-corrected chi connectivity index (χ4v) is 3.88. The molecule has 0 saturated carbocycles. The molecule has 2 aromatic rings. The third-order valence-corrected chi connectivity index (χ3v) is 5.51. The number of pyridine rings is 1. The number of carbonyl (C=O) groups excluding carboxylic acids is 3. The van der Waals surface area contributed by atoms with Gasteiger partial charge in [-0.1, -0.05) is 17.8 Å². The normalized spacial score (nSPS) is 10.2. The summed E-state index contributed by atoms with van der Waals surface area (Å²) in [5.74, 6) is -1.31. The van der Waals surface area contributed by atoms with Gasteiger partial charge in [-0.25, -0.2) is 4.98 Å². The zero-order valence-electron chi connectivity index (χ0n) is 18.6. The predicted octanol–water partition coefficient (Wildman–Crippen LogP) is 3.33. The Balaban J connectivity index is 1.89. The van der Waals surface area contributed by atoms with Crippen molar-refractivity contribution in [3.63, 3.8) is 0 Å². The van der Waals surface area contributed by atoms with Crippen molar-refractivity contribution < 1.29 is 19.1 Å². The van der Waals surface area contributed by atoms with Gasteiger partial charge in [0.05, 0.1) is 11.3 Å². The zero-order valence-corrected chi connectivity index (χ0v) is 19.4. The van der Waals surface area contributed by atoms with Gasteiger partial charge < -0.3 is 15.0 Å². The van der Waals surface area contributed by atoms with Gasteiger partial charge in [0.25, 0.3) is 11.8 Å². The van der Waals surface area contributed by atoms with Crippen molar-refractivity contribution >= 4 is 35.2 Å². The number of nitrogens with zero attached hydrogens (tertiary/aromatic N) is 3. The Morgan fingerprint density at radius 3 is 2.56 bits per heavy atom. The third-order valence-electron chi connectivity index (χ3n) is 4.56. The number of carbonyl (C=O) groups is 3. The van der Waals surface area contributed by atoms with Crippen molar-refractivity contribution in [1.82, 2.24) is 9.88 Å². The summed E-state index contributed by atoms with van der Waals surface area (Å²) in [6, 6.07) is 10.5. The van der Waals surface area contributed by atoms with Gasteiger partial charge in [-0.05, 0) is 57.5 Å². The first-order valence-corrected chi connectivity index (χ1v) is 11.1. The van der Waals surface area contributed by atoms with E-state index in [0.29, 0.717) is 34.9 Å². The minimum absolute atomic E-state index is 0.0777. The fourth-order valence-electron chi connectivity index (χ4n) is 2.98. The van der Waals surface area contributed by atoms with E-state index < -0.39 is 18.5 Å². The van der Waals surface area contributed by atoms with Gasteiger partial charge in [-0.2, -0.15) is 5.26 Å². The first-order valence-electron chi connectivity index (χ1n) is 10.1. The van der Waals surface area contributed by atoms with Crippen LogP contribution in [-0.2, 0) is 14.3 Å². The molecule has 0 aliphatic rings. The number of benzene rings is 1. The van der Waals surface area contributed by atoms with E-state index in [1.165, 1.54) is 0 Å². The maximum Gasteiger partial charge on any atom is 0.316 e. The molecule has 2 amide bonds. The Labute approximate surface area is 192 Å². The predicted molar refractivity (Wildman–Crippen MR) is 122 cm³/mol. The standard InChI is InChI=1S/C23H26N4O4S/c1-5-27(6-2)23(30)17-8-7-9-18(11-17)26-20(28)13-31-21(29)14-32-22-19(12-24)15(3)10-16(4)25-22/h7-11H,5-6,13-14H2,1-4H3,(H,26,28). The number of amides is 2. The van der Waals surface area contributed by atoms with E-state index in [1.807, 2.05) is 27.7 Å². The van der Waals surface area contributed by atoms with Crippen LogP contribution in [0.5, 0.6) is 0 Å². The molecule has 0 spiro atoms. The SMILES string of the molecule is CCN(CC)C(=O)c1cccc(NC(=O)COC(=O)CSc2nc(C)cc(C)c2C#N)c1. The molecule has 2 rings (SSSR count). The van der Waals surface area contributed by atoms with E-state index in [9.17, 15) is 19.6 Å². The minimum Gasteiger partial charge on any atom is -0.455 e. The molecule has 1 aromatic heterocycles. The maximum atomic E-state index is 12.5. The molecular formula is C23H26N4O4S. The van der Waals surface area contributed by atoms with Gasteiger partial charge in [-0.3, -0.25) is 14.4 Å². The summed E-state index contributed by atoms with van der Waals surface area (Å²) in [4.78, 5) is 42.6. The smallest absolute Gasteiger partial charge is 0.316 e. The number of hydrogen-bond donors (Lipinski definition) is 1. The number of aromatic nitrogens is 1. The lowest BCUT2D eigenvalue weighted by Crippen LogP contribution is -2.30. The molecule has 0 unspecified atom stereocenters. The zero-order chi connectivity index (χ0) is 23.7. The summed E-state index contributed by atoms with van der Waals surface area (Å²) in [7, 11) is 0. The minimum atomic E-state index is -0.597. The molecule has 1 heterocycles. The number of hydrogen-bond acceptors (Lipinski definition) is 7. The largest absolute Gasteiger partial charge is 0.455 e. The monoisotopic (exact) mass is 454 g/mol. The molecule has 168 valence electrons. The second kappa shape index (κ2) is 11.9.